The molecular weight excluding hydrogens is 221 g/mol. The highest BCUT2D eigenvalue weighted by Gasteiger charge is 2.16. The standard InChI is InChI=1S/C12H18FN3O/c1-16(10(7-14)6-12(15)17)8-9-4-2-3-5-11(9)13/h2-5,10H,6-8,14H2,1H3,(H2,15,17). The van der Waals surface area contributed by atoms with Crippen molar-refractivity contribution in [3.63, 3.8) is 0 Å². The Labute approximate surface area is 100 Å². The van der Waals surface area contributed by atoms with Gasteiger partial charge >= 0.3 is 0 Å². The van der Waals surface area contributed by atoms with E-state index in [4.69, 9.17) is 11.5 Å². The Balaban J connectivity index is 2.67. The summed E-state index contributed by atoms with van der Waals surface area (Å²) in [6.45, 7) is 0.718. The van der Waals surface area contributed by atoms with E-state index in [-0.39, 0.29) is 18.3 Å². The summed E-state index contributed by atoms with van der Waals surface area (Å²) < 4.78 is 13.4. The number of carbonyl (C=O) groups excluding carboxylic acids is 1. The van der Waals surface area contributed by atoms with E-state index in [2.05, 4.69) is 0 Å². The first kappa shape index (κ1) is 13.6. The SMILES string of the molecule is CN(Cc1ccccc1F)C(CN)CC(N)=O. The Hall–Kier alpha value is -1.46. The average molecular weight is 239 g/mol. The minimum absolute atomic E-state index is 0.160. The van der Waals surface area contributed by atoms with Crippen molar-refractivity contribution in [3.05, 3.63) is 35.6 Å². The Bertz CT molecular complexity index is 384. The van der Waals surface area contributed by atoms with E-state index in [9.17, 15) is 9.18 Å². The number of nitrogens with two attached hydrogens (primary N) is 2. The van der Waals surface area contributed by atoms with Gasteiger partial charge in [-0.3, -0.25) is 9.69 Å². The van der Waals surface area contributed by atoms with Gasteiger partial charge in [-0.2, -0.15) is 0 Å². The van der Waals surface area contributed by atoms with Crippen LogP contribution in [0.5, 0.6) is 0 Å². The number of likely N-dealkylation sites (N-methyl/N-ethyl adjacent to an activating group) is 1. The molecule has 94 valence electrons. The third-order valence-electron chi connectivity index (χ3n) is 2.71. The lowest BCUT2D eigenvalue weighted by molar-refractivity contribution is -0.119. The third kappa shape index (κ3) is 4.13. The summed E-state index contributed by atoms with van der Waals surface area (Å²) in [6, 6.07) is 6.38. The van der Waals surface area contributed by atoms with Gasteiger partial charge in [0.2, 0.25) is 5.91 Å². The van der Waals surface area contributed by atoms with Gasteiger partial charge in [0.05, 0.1) is 0 Å². The smallest absolute Gasteiger partial charge is 0.219 e. The molecule has 0 heterocycles. The zero-order valence-corrected chi connectivity index (χ0v) is 9.90. The van der Waals surface area contributed by atoms with Crippen LogP contribution in [0, 0.1) is 5.82 Å². The maximum absolute atomic E-state index is 13.4. The number of primary amides is 1. The van der Waals surface area contributed by atoms with Crippen molar-refractivity contribution in [2.24, 2.45) is 11.5 Å². The summed E-state index contributed by atoms with van der Waals surface area (Å²) in [7, 11) is 1.80. The average Bonchev–Trinajstić information content (AvgIpc) is 2.28. The van der Waals surface area contributed by atoms with Crippen molar-refractivity contribution in [1.82, 2.24) is 4.90 Å². The van der Waals surface area contributed by atoms with Gasteiger partial charge in [-0.1, -0.05) is 18.2 Å². The Morgan fingerprint density at radius 3 is 2.65 bits per heavy atom. The fourth-order valence-corrected chi connectivity index (χ4v) is 1.68. The van der Waals surface area contributed by atoms with Crippen molar-refractivity contribution in [1.29, 1.82) is 0 Å². The molecule has 1 amide bonds. The van der Waals surface area contributed by atoms with Gasteiger partial charge in [-0.05, 0) is 13.1 Å². The molecule has 0 radical (unpaired) electrons. The largest absolute Gasteiger partial charge is 0.370 e. The molecule has 0 fully saturated rings. The van der Waals surface area contributed by atoms with Crippen LogP contribution < -0.4 is 11.5 Å². The molecule has 1 atom stereocenters. The zero-order valence-electron chi connectivity index (χ0n) is 9.90. The van der Waals surface area contributed by atoms with Crippen LogP contribution in [0.1, 0.15) is 12.0 Å². The van der Waals surface area contributed by atoms with Crippen molar-refractivity contribution in [2.75, 3.05) is 13.6 Å². The normalized spacial score (nSPS) is 12.7. The number of hydrogen-bond donors (Lipinski definition) is 2. The molecule has 0 aliphatic rings. The number of amides is 1. The highest BCUT2D eigenvalue weighted by atomic mass is 19.1. The van der Waals surface area contributed by atoms with Crippen molar-refractivity contribution < 1.29 is 9.18 Å². The van der Waals surface area contributed by atoms with Crippen LogP contribution in [0.4, 0.5) is 4.39 Å². The number of carbonyl (C=O) groups is 1. The Morgan fingerprint density at radius 1 is 1.47 bits per heavy atom. The number of halogens is 1. The van der Waals surface area contributed by atoms with Crippen LogP contribution in [0.2, 0.25) is 0 Å². The molecule has 5 heteroatoms. The van der Waals surface area contributed by atoms with Crippen LogP contribution in [0.15, 0.2) is 24.3 Å². The maximum atomic E-state index is 13.4. The van der Waals surface area contributed by atoms with Crippen molar-refractivity contribution in [2.45, 2.75) is 19.0 Å². The van der Waals surface area contributed by atoms with Gasteiger partial charge < -0.3 is 11.5 Å². The highest BCUT2D eigenvalue weighted by Crippen LogP contribution is 2.11. The van der Waals surface area contributed by atoms with Crippen LogP contribution in [-0.4, -0.2) is 30.4 Å². The molecule has 0 saturated carbocycles. The molecule has 1 rings (SSSR count). The molecule has 0 aromatic heterocycles. The number of hydrogen-bond acceptors (Lipinski definition) is 3. The lowest BCUT2D eigenvalue weighted by atomic mass is 10.1. The van der Waals surface area contributed by atoms with E-state index in [1.807, 2.05) is 4.90 Å². The zero-order chi connectivity index (χ0) is 12.8. The molecule has 0 aliphatic heterocycles. The third-order valence-corrected chi connectivity index (χ3v) is 2.71. The van der Waals surface area contributed by atoms with Crippen molar-refractivity contribution >= 4 is 5.91 Å². The van der Waals surface area contributed by atoms with Gasteiger partial charge in [0.15, 0.2) is 0 Å². The Kier molecular flexibility index (Phi) is 5.06. The summed E-state index contributed by atoms with van der Waals surface area (Å²) >= 11 is 0. The van der Waals surface area contributed by atoms with Gasteiger partial charge in [0.1, 0.15) is 5.82 Å². The van der Waals surface area contributed by atoms with E-state index >= 15 is 0 Å². The number of benzene rings is 1. The minimum atomic E-state index is -0.402. The van der Waals surface area contributed by atoms with E-state index in [1.165, 1.54) is 6.07 Å². The van der Waals surface area contributed by atoms with E-state index in [0.29, 0.717) is 18.7 Å². The second kappa shape index (κ2) is 6.32. The van der Waals surface area contributed by atoms with E-state index in [0.717, 1.165) is 0 Å². The molecule has 0 aliphatic carbocycles. The first-order chi connectivity index (χ1) is 8.04. The lowest BCUT2D eigenvalue weighted by Crippen LogP contribution is -2.40. The first-order valence-corrected chi connectivity index (χ1v) is 5.46. The van der Waals surface area contributed by atoms with Crippen LogP contribution >= 0.6 is 0 Å². The first-order valence-electron chi connectivity index (χ1n) is 5.46. The Morgan fingerprint density at radius 2 is 2.12 bits per heavy atom. The molecule has 4 nitrogen and oxygen atoms in total. The van der Waals surface area contributed by atoms with Crippen LogP contribution in [0.3, 0.4) is 0 Å². The molecule has 0 spiro atoms. The number of nitrogens with zero attached hydrogens (tertiary/aromatic N) is 1. The summed E-state index contributed by atoms with van der Waals surface area (Å²) in [5.74, 6) is -0.657. The van der Waals surface area contributed by atoms with E-state index < -0.39 is 5.91 Å². The molecule has 1 aromatic rings. The second-order valence-corrected chi connectivity index (χ2v) is 4.07. The van der Waals surface area contributed by atoms with Gasteiger partial charge in [-0.15, -0.1) is 0 Å². The fourth-order valence-electron chi connectivity index (χ4n) is 1.68. The topological polar surface area (TPSA) is 72.3 Å². The fraction of sp³-hybridized carbons (Fsp3) is 0.417. The predicted octanol–water partition coefficient (Wildman–Crippen LogP) is 0.460. The highest BCUT2D eigenvalue weighted by molar-refractivity contribution is 5.74. The molecule has 0 bridgehead atoms. The monoisotopic (exact) mass is 239 g/mol. The molecule has 1 unspecified atom stereocenters. The van der Waals surface area contributed by atoms with Gasteiger partial charge in [0.25, 0.3) is 0 Å². The van der Waals surface area contributed by atoms with Gasteiger partial charge in [-0.25, -0.2) is 4.39 Å². The maximum Gasteiger partial charge on any atom is 0.219 e. The summed E-state index contributed by atoms with van der Waals surface area (Å²) in [5, 5.41) is 0. The molecular formula is C12H18FN3O. The molecule has 1 aromatic carbocycles. The number of rotatable bonds is 6. The predicted molar refractivity (Wildman–Crippen MR) is 64.5 cm³/mol. The van der Waals surface area contributed by atoms with Crippen molar-refractivity contribution in [3.8, 4) is 0 Å². The summed E-state index contributed by atoms with van der Waals surface area (Å²) in [6.07, 6.45) is 0.182. The van der Waals surface area contributed by atoms with Crippen LogP contribution in [-0.2, 0) is 11.3 Å². The van der Waals surface area contributed by atoms with Gasteiger partial charge in [0, 0.05) is 31.1 Å². The lowest BCUT2D eigenvalue weighted by Gasteiger charge is -2.26. The summed E-state index contributed by atoms with van der Waals surface area (Å²) in [5.41, 5.74) is 11.3. The quantitative estimate of drug-likeness (QED) is 0.757. The van der Waals surface area contributed by atoms with E-state index in [1.54, 1.807) is 25.2 Å². The molecule has 4 N–H and O–H groups in total. The molecule has 0 saturated heterocycles. The summed E-state index contributed by atoms with van der Waals surface area (Å²) in [4.78, 5) is 12.7. The molecule has 17 heavy (non-hydrogen) atoms. The second-order valence-electron chi connectivity index (χ2n) is 4.07. The van der Waals surface area contributed by atoms with Crippen LogP contribution in [0.25, 0.3) is 0 Å². The minimum Gasteiger partial charge on any atom is -0.370 e.